The Balaban J connectivity index is 2.24. The summed E-state index contributed by atoms with van der Waals surface area (Å²) < 4.78 is 0. The lowest BCUT2D eigenvalue weighted by Gasteiger charge is -2.15. The van der Waals surface area contributed by atoms with Crippen LogP contribution in [0.3, 0.4) is 0 Å². The van der Waals surface area contributed by atoms with Crippen molar-refractivity contribution in [3.05, 3.63) is 11.1 Å². The molecule has 0 aromatic rings. The molecule has 5 nitrogen and oxygen atoms in total. The van der Waals surface area contributed by atoms with Gasteiger partial charge in [0.25, 0.3) is 0 Å². The molecule has 0 unspecified atom stereocenters. The van der Waals surface area contributed by atoms with E-state index in [1.165, 1.54) is 0 Å². The first-order valence-electron chi connectivity index (χ1n) is 7.73. The summed E-state index contributed by atoms with van der Waals surface area (Å²) in [4.78, 5) is 35.2. The minimum absolute atomic E-state index is 0.0358. The molecule has 0 heterocycles. The van der Waals surface area contributed by atoms with Crippen LogP contribution in [0.1, 0.15) is 57.8 Å². The van der Waals surface area contributed by atoms with Crippen molar-refractivity contribution in [1.82, 2.24) is 0 Å². The highest BCUT2D eigenvalue weighted by Crippen LogP contribution is 2.35. The van der Waals surface area contributed by atoms with Crippen LogP contribution in [0.5, 0.6) is 0 Å². The van der Waals surface area contributed by atoms with E-state index < -0.39 is 11.9 Å². The van der Waals surface area contributed by atoms with Crippen molar-refractivity contribution in [1.29, 1.82) is 0 Å². The lowest BCUT2D eigenvalue weighted by molar-refractivity contribution is -0.137. The van der Waals surface area contributed by atoms with Crippen LogP contribution in [0.2, 0.25) is 0 Å². The molecule has 116 valence electrons. The highest BCUT2D eigenvalue weighted by atomic mass is 16.4. The third-order valence-corrected chi connectivity index (χ3v) is 4.74. The zero-order valence-electron chi connectivity index (χ0n) is 12.1. The number of rotatable bonds is 6. The fourth-order valence-electron chi connectivity index (χ4n) is 3.62. The Kier molecular flexibility index (Phi) is 5.15. The third kappa shape index (κ3) is 3.71. The summed E-state index contributed by atoms with van der Waals surface area (Å²) in [6.45, 7) is 0. The molecule has 2 saturated carbocycles. The Bertz CT molecular complexity index is 465. The Hall–Kier alpha value is -1.65. The molecular formula is C16H22O5. The molecular weight excluding hydrogens is 272 g/mol. The van der Waals surface area contributed by atoms with Crippen molar-refractivity contribution in [2.24, 2.45) is 11.8 Å². The number of carbonyl (C=O) groups is 3. The van der Waals surface area contributed by atoms with Gasteiger partial charge in [-0.25, -0.2) is 9.59 Å². The zero-order chi connectivity index (χ0) is 15.4. The summed E-state index contributed by atoms with van der Waals surface area (Å²) in [5.41, 5.74) is -0.224. The molecule has 0 spiro atoms. The maximum Gasteiger partial charge on any atom is 0.332 e. The lowest BCUT2D eigenvalue weighted by Crippen LogP contribution is -2.21. The minimum Gasteiger partial charge on any atom is -0.478 e. The normalized spacial score (nSPS) is 21.3. The van der Waals surface area contributed by atoms with E-state index in [1.807, 2.05) is 0 Å². The van der Waals surface area contributed by atoms with Crippen LogP contribution in [0.4, 0.5) is 0 Å². The standard InChI is InChI=1S/C16H22O5/c17-13(10-5-1-2-6-10)9-12(15(18)19)14(16(20)21)11-7-3-4-8-11/h10-11H,1-9H2,(H,18,19)(H,20,21). The maximum absolute atomic E-state index is 12.2. The minimum atomic E-state index is -1.26. The van der Waals surface area contributed by atoms with Crippen molar-refractivity contribution in [2.75, 3.05) is 0 Å². The largest absolute Gasteiger partial charge is 0.478 e. The van der Waals surface area contributed by atoms with E-state index in [9.17, 15) is 24.6 Å². The Morgan fingerprint density at radius 1 is 0.762 bits per heavy atom. The molecule has 0 aliphatic heterocycles. The van der Waals surface area contributed by atoms with Gasteiger partial charge in [-0.2, -0.15) is 0 Å². The highest BCUT2D eigenvalue weighted by Gasteiger charge is 2.32. The smallest absolute Gasteiger partial charge is 0.332 e. The first kappa shape index (κ1) is 15.7. The summed E-state index contributed by atoms with van der Waals surface area (Å²) >= 11 is 0. The van der Waals surface area contributed by atoms with Crippen LogP contribution in [-0.2, 0) is 14.4 Å². The van der Waals surface area contributed by atoms with Gasteiger partial charge >= 0.3 is 11.9 Å². The number of ketones is 1. The second kappa shape index (κ2) is 6.87. The van der Waals surface area contributed by atoms with Gasteiger partial charge in [-0.3, -0.25) is 4.79 Å². The van der Waals surface area contributed by atoms with Gasteiger partial charge in [-0.05, 0) is 31.6 Å². The molecule has 21 heavy (non-hydrogen) atoms. The van der Waals surface area contributed by atoms with E-state index in [2.05, 4.69) is 0 Å². The van der Waals surface area contributed by atoms with E-state index in [-0.39, 0.29) is 35.2 Å². The monoisotopic (exact) mass is 294 g/mol. The van der Waals surface area contributed by atoms with Gasteiger partial charge in [0.1, 0.15) is 5.78 Å². The predicted octanol–water partition coefficient (Wildman–Crippen LogP) is 2.79. The summed E-state index contributed by atoms with van der Waals surface area (Å²) in [6.07, 6.45) is 6.61. The number of Topliss-reactive ketones (excluding diaryl/α,β-unsaturated/α-hetero) is 1. The van der Waals surface area contributed by atoms with Crippen molar-refractivity contribution < 1.29 is 24.6 Å². The van der Waals surface area contributed by atoms with Crippen molar-refractivity contribution in [3.8, 4) is 0 Å². The molecule has 2 N–H and O–H groups in total. The summed E-state index contributed by atoms with van der Waals surface area (Å²) in [6, 6.07) is 0. The summed E-state index contributed by atoms with van der Waals surface area (Å²) in [5, 5.41) is 18.8. The molecule has 2 rings (SSSR count). The Morgan fingerprint density at radius 2 is 1.24 bits per heavy atom. The van der Waals surface area contributed by atoms with Crippen LogP contribution in [0.15, 0.2) is 11.1 Å². The molecule has 0 amide bonds. The maximum atomic E-state index is 12.2. The van der Waals surface area contributed by atoms with E-state index in [4.69, 9.17) is 0 Å². The number of hydrogen-bond acceptors (Lipinski definition) is 3. The Morgan fingerprint density at radius 3 is 1.67 bits per heavy atom. The molecule has 0 radical (unpaired) electrons. The van der Waals surface area contributed by atoms with Gasteiger partial charge < -0.3 is 10.2 Å². The van der Waals surface area contributed by atoms with Crippen LogP contribution < -0.4 is 0 Å². The number of hydrogen-bond donors (Lipinski definition) is 2. The van der Waals surface area contributed by atoms with Crippen LogP contribution >= 0.6 is 0 Å². The van der Waals surface area contributed by atoms with Crippen LogP contribution in [-0.4, -0.2) is 27.9 Å². The molecule has 0 aromatic heterocycles. The second-order valence-corrected chi connectivity index (χ2v) is 6.11. The summed E-state index contributed by atoms with van der Waals surface area (Å²) in [5.74, 6) is -2.85. The molecule has 0 atom stereocenters. The van der Waals surface area contributed by atoms with Gasteiger partial charge in [-0.1, -0.05) is 25.7 Å². The van der Waals surface area contributed by atoms with Crippen LogP contribution in [0.25, 0.3) is 0 Å². The van der Waals surface area contributed by atoms with E-state index in [1.54, 1.807) is 0 Å². The third-order valence-electron chi connectivity index (χ3n) is 4.74. The first-order valence-corrected chi connectivity index (χ1v) is 7.73. The number of carboxylic acid groups (broad SMARTS) is 2. The molecule has 2 aliphatic rings. The highest BCUT2D eigenvalue weighted by molar-refractivity contribution is 6.03. The van der Waals surface area contributed by atoms with Gasteiger partial charge in [0.2, 0.25) is 0 Å². The first-order chi connectivity index (χ1) is 10.0. The summed E-state index contributed by atoms with van der Waals surface area (Å²) in [7, 11) is 0. The number of carbonyl (C=O) groups excluding carboxylic acids is 1. The molecule has 2 aliphatic carbocycles. The SMILES string of the molecule is O=C(O)C(CC(=O)C1CCCC1)=C(C(=O)O)C1CCCC1. The molecule has 5 heteroatoms. The van der Waals surface area contributed by atoms with Gasteiger partial charge in [0.15, 0.2) is 0 Å². The van der Waals surface area contributed by atoms with Crippen molar-refractivity contribution in [2.45, 2.75) is 57.8 Å². The number of aliphatic carboxylic acids is 2. The average molecular weight is 294 g/mol. The molecule has 0 bridgehead atoms. The van der Waals surface area contributed by atoms with E-state index >= 15 is 0 Å². The van der Waals surface area contributed by atoms with Crippen molar-refractivity contribution in [3.63, 3.8) is 0 Å². The van der Waals surface area contributed by atoms with Gasteiger partial charge in [0.05, 0.1) is 11.1 Å². The fraction of sp³-hybridized carbons (Fsp3) is 0.688. The molecule has 2 fully saturated rings. The van der Waals surface area contributed by atoms with Gasteiger partial charge in [0, 0.05) is 12.3 Å². The molecule has 0 aromatic carbocycles. The number of carboxylic acids is 2. The van der Waals surface area contributed by atoms with E-state index in [0.29, 0.717) is 12.8 Å². The van der Waals surface area contributed by atoms with Crippen molar-refractivity contribution >= 4 is 17.7 Å². The fourth-order valence-corrected chi connectivity index (χ4v) is 3.62. The quantitative estimate of drug-likeness (QED) is 0.735. The lowest BCUT2D eigenvalue weighted by atomic mass is 9.88. The average Bonchev–Trinajstić information content (AvgIpc) is 3.10. The predicted molar refractivity (Wildman–Crippen MR) is 75.8 cm³/mol. The topological polar surface area (TPSA) is 91.7 Å². The Labute approximate surface area is 124 Å². The second-order valence-electron chi connectivity index (χ2n) is 6.11. The van der Waals surface area contributed by atoms with Gasteiger partial charge in [-0.15, -0.1) is 0 Å². The molecule has 0 saturated heterocycles. The van der Waals surface area contributed by atoms with E-state index in [0.717, 1.165) is 38.5 Å². The zero-order valence-corrected chi connectivity index (χ0v) is 12.1. The van der Waals surface area contributed by atoms with Crippen LogP contribution in [0, 0.1) is 11.8 Å².